The van der Waals surface area contributed by atoms with E-state index >= 15 is 0 Å². The van der Waals surface area contributed by atoms with Crippen LogP contribution in [0.4, 0.5) is 0 Å². The average molecular weight is 447 g/mol. The molecule has 2 aliphatic heterocycles. The van der Waals surface area contributed by atoms with Gasteiger partial charge >= 0.3 is 5.82 Å². The van der Waals surface area contributed by atoms with E-state index in [4.69, 9.17) is 22.6 Å². The summed E-state index contributed by atoms with van der Waals surface area (Å²) in [6.07, 6.45) is 0. The van der Waals surface area contributed by atoms with Gasteiger partial charge < -0.3 is 9.47 Å². The van der Waals surface area contributed by atoms with E-state index in [0.717, 1.165) is 23.8 Å². The fourth-order valence-electron chi connectivity index (χ4n) is 2.69. The van der Waals surface area contributed by atoms with E-state index in [1.807, 2.05) is 0 Å². The van der Waals surface area contributed by atoms with E-state index in [1.54, 1.807) is 14.2 Å². The standard InChI is InChI=1S/C17H10N4O3S4/c1-6-7(15(22)21-20-6)16-25-10-8(23-4)12-13(9(24-5)11(10)26-16)28-17(27-12)14(18-2)19-3/h20H,1H2,4-5H3,(H,21,22). The van der Waals surface area contributed by atoms with Crippen LogP contribution in [0.1, 0.15) is 0 Å². The molecule has 0 atom stereocenters. The molecule has 0 radical (unpaired) electrons. The molecule has 0 saturated heterocycles. The van der Waals surface area contributed by atoms with Crippen molar-refractivity contribution in [2.24, 2.45) is 0 Å². The minimum atomic E-state index is -0.231. The predicted molar refractivity (Wildman–Crippen MR) is 113 cm³/mol. The summed E-state index contributed by atoms with van der Waals surface area (Å²) in [5, 5.41) is 6.31. The molecule has 28 heavy (non-hydrogen) atoms. The molecule has 0 bridgehead atoms. The van der Waals surface area contributed by atoms with Crippen LogP contribution in [0.15, 0.2) is 34.4 Å². The van der Waals surface area contributed by atoms with Crippen LogP contribution >= 0.6 is 47.0 Å². The minimum Gasteiger partial charge on any atom is -0.494 e. The van der Waals surface area contributed by atoms with Gasteiger partial charge in [-0.05, 0) is 0 Å². The molecule has 2 aromatic rings. The molecule has 7 nitrogen and oxygen atoms in total. The van der Waals surface area contributed by atoms with Crippen molar-refractivity contribution in [3.05, 3.63) is 53.8 Å². The van der Waals surface area contributed by atoms with Gasteiger partial charge in [0.1, 0.15) is 28.9 Å². The maximum absolute atomic E-state index is 12.2. The highest BCUT2D eigenvalue weighted by atomic mass is 32.2. The molecule has 2 N–H and O–H groups in total. The first-order chi connectivity index (χ1) is 13.5. The number of aromatic nitrogens is 2. The quantitative estimate of drug-likeness (QED) is 0.686. The van der Waals surface area contributed by atoms with E-state index in [2.05, 4.69) is 26.5 Å². The lowest BCUT2D eigenvalue weighted by molar-refractivity contribution is 0.365. The molecule has 0 spiro atoms. The van der Waals surface area contributed by atoms with Gasteiger partial charge in [-0.3, -0.25) is 15.0 Å². The summed E-state index contributed by atoms with van der Waals surface area (Å²) in [6, 6.07) is 0. The number of fused-ring (bicyclic) bond motifs is 2. The molecule has 1 aromatic carbocycles. The molecule has 4 rings (SSSR count). The number of nitrogens with zero attached hydrogens (tertiary/aromatic N) is 2. The highest BCUT2D eigenvalue weighted by Gasteiger charge is 2.38. The molecule has 0 unspecified atom stereocenters. The number of benzene rings is 1. The Morgan fingerprint density at radius 3 is 1.82 bits per heavy atom. The van der Waals surface area contributed by atoms with E-state index in [0.29, 0.717) is 26.3 Å². The Kier molecular flexibility index (Phi) is 4.93. The van der Waals surface area contributed by atoms with Crippen molar-refractivity contribution in [1.82, 2.24) is 10.2 Å². The smallest absolute Gasteiger partial charge is 0.494 e. The van der Waals surface area contributed by atoms with Gasteiger partial charge in [0.2, 0.25) is 0 Å². The monoisotopic (exact) mass is 446 g/mol. The largest absolute Gasteiger partial charge is 0.540 e. The van der Waals surface area contributed by atoms with Crippen molar-refractivity contribution in [1.29, 1.82) is 0 Å². The summed E-state index contributed by atoms with van der Waals surface area (Å²) in [4.78, 5) is 22.1. The van der Waals surface area contributed by atoms with Crippen LogP contribution in [0.2, 0.25) is 0 Å². The lowest BCUT2D eigenvalue weighted by Gasteiger charge is -2.14. The second-order valence-corrected chi connectivity index (χ2v) is 9.95. The topological polar surface area (TPSA) is 75.8 Å². The summed E-state index contributed by atoms with van der Waals surface area (Å²) in [6.45, 7) is 18.3. The maximum Gasteiger partial charge on any atom is 0.540 e. The van der Waals surface area contributed by atoms with Gasteiger partial charge in [0.15, 0.2) is 0 Å². The molecular weight excluding hydrogens is 436 g/mol. The number of methoxy groups -OCH3 is 2. The number of hydrogen-bond donors (Lipinski definition) is 2. The predicted octanol–water partition coefficient (Wildman–Crippen LogP) is 3.26. The molecule has 11 heteroatoms. The van der Waals surface area contributed by atoms with Gasteiger partial charge in [0, 0.05) is 0 Å². The van der Waals surface area contributed by atoms with E-state index in [1.165, 1.54) is 47.0 Å². The molecule has 0 saturated carbocycles. The number of thioether (sulfide) groups is 4. The molecule has 0 amide bonds. The van der Waals surface area contributed by atoms with Gasteiger partial charge in [0.05, 0.1) is 48.6 Å². The van der Waals surface area contributed by atoms with E-state index in [9.17, 15) is 4.79 Å². The van der Waals surface area contributed by atoms with Gasteiger partial charge in [-0.2, -0.15) is 9.69 Å². The van der Waals surface area contributed by atoms with E-state index < -0.39 is 0 Å². The summed E-state index contributed by atoms with van der Waals surface area (Å²) in [5.41, 5.74) is -0.231. The van der Waals surface area contributed by atoms with Crippen LogP contribution < -0.4 is 25.6 Å². The van der Waals surface area contributed by atoms with Crippen LogP contribution in [0.3, 0.4) is 0 Å². The normalized spacial score (nSPS) is 14.3. The third-order valence-electron chi connectivity index (χ3n) is 3.88. The first kappa shape index (κ1) is 19.0. The van der Waals surface area contributed by atoms with Gasteiger partial charge in [0.25, 0.3) is 5.56 Å². The molecule has 2 aliphatic rings. The number of ether oxygens (including phenoxy) is 2. The first-order valence-electron chi connectivity index (χ1n) is 7.56. The number of hydrogen-bond acceptors (Lipinski definition) is 7. The minimum absolute atomic E-state index is 0.0311. The second kappa shape index (κ2) is 7.26. The zero-order valence-corrected chi connectivity index (χ0v) is 17.7. The summed E-state index contributed by atoms with van der Waals surface area (Å²) < 4.78 is 12.8. The van der Waals surface area contributed by atoms with Crippen molar-refractivity contribution in [2.45, 2.75) is 19.6 Å². The zero-order valence-electron chi connectivity index (χ0n) is 14.5. The highest BCUT2D eigenvalue weighted by Crippen LogP contribution is 2.68. The Bertz CT molecular complexity index is 1220. The fourth-order valence-corrected chi connectivity index (χ4v) is 8.25. The van der Waals surface area contributed by atoms with Crippen molar-refractivity contribution in [2.75, 3.05) is 14.2 Å². The van der Waals surface area contributed by atoms with Crippen LogP contribution in [0.5, 0.6) is 11.5 Å². The number of aromatic amines is 2. The molecular formula is C17H10N4O3S4. The molecule has 3 heterocycles. The Morgan fingerprint density at radius 2 is 1.43 bits per heavy atom. The number of rotatable bonds is 2. The second-order valence-electron chi connectivity index (χ2n) is 5.35. The summed E-state index contributed by atoms with van der Waals surface area (Å²) in [7, 11) is 3.16. The summed E-state index contributed by atoms with van der Waals surface area (Å²) >= 11 is 5.52. The molecule has 140 valence electrons. The van der Waals surface area contributed by atoms with Gasteiger partial charge in [-0.1, -0.05) is 53.6 Å². The van der Waals surface area contributed by atoms with Crippen molar-refractivity contribution >= 4 is 57.9 Å². The van der Waals surface area contributed by atoms with Crippen molar-refractivity contribution in [3.8, 4) is 11.5 Å². The first-order valence-corrected chi connectivity index (χ1v) is 10.8. The number of H-pyrrole nitrogens is 2. The molecule has 0 fully saturated rings. The zero-order chi connectivity index (χ0) is 20.0. The van der Waals surface area contributed by atoms with Crippen molar-refractivity contribution in [3.63, 3.8) is 0 Å². The molecule has 1 aromatic heterocycles. The lowest BCUT2D eigenvalue weighted by atomic mass is 10.3. The summed E-state index contributed by atoms with van der Waals surface area (Å²) in [5.74, 6) is 1.33. The Hall–Kier alpha value is -2.31. The Balaban J connectivity index is 1.97. The van der Waals surface area contributed by atoms with E-state index in [-0.39, 0.29) is 11.4 Å². The Labute approximate surface area is 176 Å². The van der Waals surface area contributed by atoms with Gasteiger partial charge in [-0.15, -0.1) is 0 Å². The average Bonchev–Trinajstić information content (AvgIpc) is 3.38. The third kappa shape index (κ3) is 2.74. The highest BCUT2D eigenvalue weighted by molar-refractivity contribution is 8.32. The molecule has 0 aliphatic carbocycles. The Morgan fingerprint density at radius 1 is 0.929 bits per heavy atom. The lowest BCUT2D eigenvalue weighted by Crippen LogP contribution is -2.33. The van der Waals surface area contributed by atoms with Crippen LogP contribution in [0, 0.1) is 13.1 Å². The maximum atomic E-state index is 12.2. The fraction of sp³-hybridized carbons (Fsp3) is 0.118. The third-order valence-corrected chi connectivity index (χ3v) is 9.03. The van der Waals surface area contributed by atoms with Crippen molar-refractivity contribution < 1.29 is 9.47 Å². The SMILES string of the molecule is [C-]#[N+]C([N+]#[C-])=C1Sc2c(OC)c3c(c(OC)c2S1)SC(=c1c(=C)[nH][nH]c1=O)S3. The van der Waals surface area contributed by atoms with Crippen LogP contribution in [-0.2, 0) is 0 Å². The van der Waals surface area contributed by atoms with Crippen LogP contribution in [-0.4, -0.2) is 24.4 Å². The van der Waals surface area contributed by atoms with Crippen LogP contribution in [0.25, 0.3) is 20.5 Å². The number of nitrogens with one attached hydrogen (secondary N) is 2. The van der Waals surface area contributed by atoms with Gasteiger partial charge in [-0.25, -0.2) is 0 Å².